The Hall–Kier alpha value is -1.52. The van der Waals surface area contributed by atoms with Gasteiger partial charge in [0, 0.05) is 22.4 Å². The number of benzene rings is 1. The molecule has 2 aromatic rings. The lowest BCUT2D eigenvalue weighted by Crippen LogP contribution is -2.28. The number of aliphatic hydroxyl groups excluding tert-OH is 1. The predicted octanol–water partition coefficient (Wildman–Crippen LogP) is 1.96. The quantitative estimate of drug-likeness (QED) is 0.542. The van der Waals surface area contributed by atoms with Gasteiger partial charge in [0.15, 0.2) is 0 Å². The summed E-state index contributed by atoms with van der Waals surface area (Å²) < 4.78 is 13.1. The Morgan fingerprint density at radius 1 is 1.38 bits per heavy atom. The molecule has 1 aromatic heterocycles. The van der Waals surface area contributed by atoms with Crippen molar-refractivity contribution in [1.29, 1.82) is 0 Å². The first kappa shape index (κ1) is 19.2. The number of hydrogen-bond donors (Lipinski definition) is 2. The zero-order valence-corrected chi connectivity index (χ0v) is 15.9. The van der Waals surface area contributed by atoms with Crippen LogP contribution in [0.2, 0.25) is 0 Å². The van der Waals surface area contributed by atoms with Crippen LogP contribution in [0.15, 0.2) is 51.1 Å². The van der Waals surface area contributed by atoms with Crippen LogP contribution in [0, 0.1) is 0 Å². The van der Waals surface area contributed by atoms with E-state index in [1.807, 2.05) is 18.4 Å². The first-order chi connectivity index (χ1) is 12.6. The first-order valence-electron chi connectivity index (χ1n) is 8.10. The highest BCUT2D eigenvalue weighted by atomic mass is 32.2. The van der Waals surface area contributed by atoms with Gasteiger partial charge >= 0.3 is 5.69 Å². The number of hydrogen-bond acceptors (Lipinski definition) is 8. The number of nitrogen functional groups attached to an aromatic ring is 1. The van der Waals surface area contributed by atoms with Gasteiger partial charge in [-0.15, -0.1) is 11.8 Å². The van der Waals surface area contributed by atoms with Crippen molar-refractivity contribution in [2.75, 3.05) is 24.5 Å². The number of thioether (sulfide) groups is 2. The fraction of sp³-hybridized carbons (Fsp3) is 0.412. The second-order valence-corrected chi connectivity index (χ2v) is 7.52. The Balaban J connectivity index is 1.62. The van der Waals surface area contributed by atoms with Gasteiger partial charge in [-0.1, -0.05) is 23.9 Å². The standard InChI is InChI=1S/C17H21N3O4S2/c1-25-13-4-2-3-5-14(13)26-10-23-11-8-16(24-12(11)9-21)20-7-6-15(18)19-17(20)22/h2-7,11-12,16,21H,8-10H2,1H3,(H2,18,19,22)/t11-,12+,16+/m0/s1. The summed E-state index contributed by atoms with van der Waals surface area (Å²) in [6, 6.07) is 9.66. The summed E-state index contributed by atoms with van der Waals surface area (Å²) in [6.07, 6.45) is 2.73. The number of ether oxygens (including phenoxy) is 2. The summed E-state index contributed by atoms with van der Waals surface area (Å²) in [5.74, 6) is 0.601. The maximum Gasteiger partial charge on any atom is 0.351 e. The van der Waals surface area contributed by atoms with Crippen LogP contribution >= 0.6 is 23.5 Å². The van der Waals surface area contributed by atoms with Crippen LogP contribution in [-0.4, -0.2) is 45.7 Å². The number of anilines is 1. The van der Waals surface area contributed by atoms with Crippen LogP contribution in [0.1, 0.15) is 12.6 Å². The predicted molar refractivity (Wildman–Crippen MR) is 102 cm³/mol. The maximum absolute atomic E-state index is 12.0. The molecule has 3 N–H and O–H groups in total. The molecule has 140 valence electrons. The SMILES string of the molecule is CSc1ccccc1SCO[C@H]1C[C@H](n2ccc(N)nc2=O)O[C@@H]1CO. The minimum Gasteiger partial charge on any atom is -0.394 e. The second kappa shape index (κ2) is 8.92. The number of nitrogens with two attached hydrogens (primary N) is 1. The van der Waals surface area contributed by atoms with Gasteiger partial charge in [-0.2, -0.15) is 4.98 Å². The highest BCUT2D eigenvalue weighted by Crippen LogP contribution is 2.33. The van der Waals surface area contributed by atoms with Crippen molar-refractivity contribution >= 4 is 29.3 Å². The molecule has 1 aliphatic rings. The molecule has 3 atom stereocenters. The van der Waals surface area contributed by atoms with E-state index in [1.54, 1.807) is 35.8 Å². The van der Waals surface area contributed by atoms with Crippen molar-refractivity contribution in [3.63, 3.8) is 0 Å². The molecule has 1 aromatic carbocycles. The Bertz CT molecular complexity index is 802. The zero-order valence-electron chi connectivity index (χ0n) is 14.3. The molecule has 0 saturated carbocycles. The Kier molecular flexibility index (Phi) is 6.60. The largest absolute Gasteiger partial charge is 0.394 e. The third-order valence-electron chi connectivity index (χ3n) is 4.09. The number of nitrogens with zero attached hydrogens (tertiary/aromatic N) is 2. The Labute approximate surface area is 159 Å². The smallest absolute Gasteiger partial charge is 0.351 e. The molecule has 7 nitrogen and oxygen atoms in total. The van der Waals surface area contributed by atoms with Crippen molar-refractivity contribution in [2.45, 2.75) is 34.6 Å². The normalized spacial score (nSPS) is 22.6. The molecule has 0 spiro atoms. The van der Waals surface area contributed by atoms with E-state index in [9.17, 15) is 9.90 Å². The molecule has 0 amide bonds. The molecule has 0 bridgehead atoms. The van der Waals surface area contributed by atoms with E-state index in [-0.39, 0.29) is 18.5 Å². The van der Waals surface area contributed by atoms with E-state index in [0.717, 1.165) is 4.90 Å². The topological polar surface area (TPSA) is 99.6 Å². The molecule has 0 aliphatic carbocycles. The molecular weight excluding hydrogens is 374 g/mol. The summed E-state index contributed by atoms with van der Waals surface area (Å²) in [5, 5.41) is 9.57. The van der Waals surface area contributed by atoms with Crippen LogP contribution in [0.4, 0.5) is 5.82 Å². The lowest BCUT2D eigenvalue weighted by atomic mass is 10.2. The van der Waals surface area contributed by atoms with E-state index in [4.69, 9.17) is 15.2 Å². The van der Waals surface area contributed by atoms with Gasteiger partial charge in [0.05, 0.1) is 18.6 Å². The highest BCUT2D eigenvalue weighted by Gasteiger charge is 2.37. The first-order valence-corrected chi connectivity index (χ1v) is 10.3. The molecule has 26 heavy (non-hydrogen) atoms. The molecule has 3 rings (SSSR count). The van der Waals surface area contributed by atoms with Crippen LogP contribution in [-0.2, 0) is 9.47 Å². The second-order valence-electron chi connectivity index (χ2n) is 5.71. The molecule has 0 unspecified atom stereocenters. The van der Waals surface area contributed by atoms with Gasteiger partial charge in [-0.3, -0.25) is 4.57 Å². The van der Waals surface area contributed by atoms with E-state index in [1.165, 1.54) is 9.46 Å². The summed E-state index contributed by atoms with van der Waals surface area (Å²) in [6.45, 7) is -0.176. The van der Waals surface area contributed by atoms with E-state index < -0.39 is 18.0 Å². The van der Waals surface area contributed by atoms with Crippen molar-refractivity contribution in [1.82, 2.24) is 9.55 Å². The zero-order chi connectivity index (χ0) is 18.5. The summed E-state index contributed by atoms with van der Waals surface area (Å²) >= 11 is 3.28. The number of rotatable bonds is 7. The molecule has 0 radical (unpaired) electrons. The fourth-order valence-corrected chi connectivity index (χ4v) is 4.44. The van der Waals surface area contributed by atoms with E-state index in [2.05, 4.69) is 17.1 Å². The Morgan fingerprint density at radius 2 is 2.15 bits per heavy atom. The number of aliphatic hydroxyl groups is 1. The minimum atomic E-state index is -0.527. The third kappa shape index (κ3) is 4.41. The molecular formula is C17H21N3O4S2. The van der Waals surface area contributed by atoms with Crippen LogP contribution in [0.25, 0.3) is 0 Å². The number of aromatic nitrogens is 2. The highest BCUT2D eigenvalue weighted by molar-refractivity contribution is 8.01. The molecule has 1 saturated heterocycles. The molecule has 1 aliphatic heterocycles. The van der Waals surface area contributed by atoms with Crippen LogP contribution in [0.3, 0.4) is 0 Å². The lowest BCUT2D eigenvalue weighted by Gasteiger charge is -2.16. The monoisotopic (exact) mass is 395 g/mol. The Morgan fingerprint density at radius 3 is 2.85 bits per heavy atom. The van der Waals surface area contributed by atoms with Gasteiger partial charge in [0.2, 0.25) is 0 Å². The van der Waals surface area contributed by atoms with Crippen molar-refractivity contribution in [3.8, 4) is 0 Å². The minimum absolute atomic E-state index is 0.166. The van der Waals surface area contributed by atoms with Gasteiger partial charge in [-0.25, -0.2) is 4.79 Å². The maximum atomic E-state index is 12.0. The average molecular weight is 396 g/mol. The van der Waals surface area contributed by atoms with Crippen molar-refractivity contribution < 1.29 is 14.6 Å². The average Bonchev–Trinajstić information content (AvgIpc) is 3.05. The van der Waals surface area contributed by atoms with Crippen molar-refractivity contribution in [3.05, 3.63) is 47.0 Å². The van der Waals surface area contributed by atoms with Crippen molar-refractivity contribution in [2.24, 2.45) is 0 Å². The molecule has 1 fully saturated rings. The van der Waals surface area contributed by atoms with E-state index >= 15 is 0 Å². The van der Waals surface area contributed by atoms with Gasteiger partial charge in [-0.05, 0) is 24.5 Å². The van der Waals surface area contributed by atoms with Crippen LogP contribution in [0.5, 0.6) is 0 Å². The summed E-state index contributed by atoms with van der Waals surface area (Å²) in [5.41, 5.74) is 5.04. The fourth-order valence-electron chi connectivity index (χ4n) is 2.78. The van der Waals surface area contributed by atoms with Gasteiger partial charge in [0.25, 0.3) is 0 Å². The van der Waals surface area contributed by atoms with E-state index in [0.29, 0.717) is 12.4 Å². The summed E-state index contributed by atoms with van der Waals surface area (Å²) in [4.78, 5) is 18.0. The lowest BCUT2D eigenvalue weighted by molar-refractivity contribution is -0.0554. The van der Waals surface area contributed by atoms with Crippen LogP contribution < -0.4 is 11.4 Å². The van der Waals surface area contributed by atoms with Gasteiger partial charge < -0.3 is 20.3 Å². The molecule has 2 heterocycles. The molecule has 9 heteroatoms. The third-order valence-corrected chi connectivity index (χ3v) is 5.93. The summed E-state index contributed by atoms with van der Waals surface area (Å²) in [7, 11) is 0. The van der Waals surface area contributed by atoms with Gasteiger partial charge in [0.1, 0.15) is 18.1 Å².